The zero-order chi connectivity index (χ0) is 19.2. The van der Waals surface area contributed by atoms with Crippen LogP contribution in [-0.2, 0) is 16.1 Å². The van der Waals surface area contributed by atoms with Gasteiger partial charge in [0, 0.05) is 25.2 Å². The van der Waals surface area contributed by atoms with Crippen molar-refractivity contribution >= 4 is 17.6 Å². The van der Waals surface area contributed by atoms with Gasteiger partial charge in [-0.2, -0.15) is 0 Å². The maximum atomic E-state index is 10.8. The fourth-order valence-corrected chi connectivity index (χ4v) is 3.30. The number of aliphatic carboxylic acids is 1. The number of halogens is 1. The highest BCUT2D eigenvalue weighted by atomic mass is 35.5. The van der Waals surface area contributed by atoms with E-state index in [0.717, 1.165) is 34.0 Å². The molecule has 1 aliphatic heterocycles. The molecule has 0 saturated carbocycles. The van der Waals surface area contributed by atoms with Crippen LogP contribution in [0.5, 0.6) is 5.75 Å². The molecule has 5 nitrogen and oxygen atoms in total. The Morgan fingerprint density at radius 2 is 2.07 bits per heavy atom. The van der Waals surface area contributed by atoms with Crippen molar-refractivity contribution in [3.63, 3.8) is 0 Å². The quantitative estimate of drug-likeness (QED) is 0.773. The van der Waals surface area contributed by atoms with Crippen LogP contribution >= 0.6 is 11.6 Å². The highest BCUT2D eigenvalue weighted by molar-refractivity contribution is 6.32. The Kier molecular flexibility index (Phi) is 6.72. The van der Waals surface area contributed by atoms with Gasteiger partial charge in [-0.05, 0) is 30.2 Å². The highest BCUT2D eigenvalue weighted by Crippen LogP contribution is 2.26. The molecule has 1 fully saturated rings. The average Bonchev–Trinajstić information content (AvgIpc) is 2.68. The first-order valence-electron chi connectivity index (χ1n) is 9.05. The van der Waals surface area contributed by atoms with Crippen LogP contribution in [0.2, 0.25) is 5.02 Å². The molecule has 1 atom stereocenters. The van der Waals surface area contributed by atoms with Crippen molar-refractivity contribution < 1.29 is 19.4 Å². The summed E-state index contributed by atoms with van der Waals surface area (Å²) in [5.74, 6) is 0.00289. The van der Waals surface area contributed by atoms with Crippen LogP contribution in [0, 0.1) is 6.92 Å². The van der Waals surface area contributed by atoms with Crippen molar-refractivity contribution in [1.29, 1.82) is 0 Å². The number of nitrogens with zero attached hydrogens (tertiary/aromatic N) is 1. The van der Waals surface area contributed by atoms with Crippen LogP contribution in [0.4, 0.5) is 0 Å². The van der Waals surface area contributed by atoms with E-state index in [1.54, 1.807) is 0 Å². The van der Waals surface area contributed by atoms with E-state index in [4.69, 9.17) is 26.2 Å². The average molecular weight is 390 g/mol. The number of carboxylic acids is 1. The van der Waals surface area contributed by atoms with Gasteiger partial charge in [0.25, 0.3) is 0 Å². The normalized spacial score (nSPS) is 17.6. The van der Waals surface area contributed by atoms with Gasteiger partial charge in [-0.15, -0.1) is 0 Å². The second kappa shape index (κ2) is 9.22. The molecule has 1 saturated heterocycles. The molecule has 1 N–H and O–H groups in total. The molecule has 0 spiro atoms. The summed E-state index contributed by atoms with van der Waals surface area (Å²) < 4.78 is 11.7. The van der Waals surface area contributed by atoms with Gasteiger partial charge in [0.15, 0.2) is 0 Å². The Balaban J connectivity index is 1.56. The minimum absolute atomic E-state index is 0.0483. The molecule has 0 aliphatic carbocycles. The molecule has 3 rings (SSSR count). The Hall–Kier alpha value is -2.08. The number of rotatable bonds is 7. The predicted molar refractivity (Wildman–Crippen MR) is 104 cm³/mol. The molecular formula is C21H24ClNO4. The molecular weight excluding hydrogens is 366 g/mol. The third kappa shape index (κ3) is 5.45. The molecule has 1 aliphatic rings. The topological polar surface area (TPSA) is 59.0 Å². The highest BCUT2D eigenvalue weighted by Gasteiger charge is 2.22. The Morgan fingerprint density at radius 1 is 1.30 bits per heavy atom. The number of aryl methyl sites for hydroxylation is 1. The zero-order valence-corrected chi connectivity index (χ0v) is 16.1. The second-order valence-corrected chi connectivity index (χ2v) is 7.09. The van der Waals surface area contributed by atoms with Crippen molar-refractivity contribution in [3.05, 3.63) is 64.2 Å². The van der Waals surface area contributed by atoms with E-state index in [-0.39, 0.29) is 12.5 Å². The van der Waals surface area contributed by atoms with Crippen molar-refractivity contribution in [2.24, 2.45) is 0 Å². The van der Waals surface area contributed by atoms with Crippen LogP contribution in [0.3, 0.4) is 0 Å². The lowest BCUT2D eigenvalue weighted by Crippen LogP contribution is -2.39. The van der Waals surface area contributed by atoms with Gasteiger partial charge in [0.2, 0.25) is 0 Å². The summed E-state index contributed by atoms with van der Waals surface area (Å²) in [6.07, 6.45) is 0.105. The van der Waals surface area contributed by atoms with E-state index in [9.17, 15) is 4.79 Å². The number of ether oxygens (including phenoxy) is 2. The minimum Gasteiger partial charge on any atom is -0.489 e. The van der Waals surface area contributed by atoms with E-state index in [0.29, 0.717) is 26.3 Å². The molecule has 1 unspecified atom stereocenters. The molecule has 0 amide bonds. The number of hydrogen-bond donors (Lipinski definition) is 1. The molecule has 6 heteroatoms. The monoisotopic (exact) mass is 389 g/mol. The van der Waals surface area contributed by atoms with Gasteiger partial charge in [0.05, 0.1) is 24.2 Å². The first kappa shape index (κ1) is 19.7. The zero-order valence-electron chi connectivity index (χ0n) is 15.4. The predicted octanol–water partition coefficient (Wildman–Crippen LogP) is 4.08. The maximum Gasteiger partial charge on any atom is 0.304 e. The van der Waals surface area contributed by atoms with Gasteiger partial charge in [-0.25, -0.2) is 0 Å². The molecule has 27 heavy (non-hydrogen) atoms. The summed E-state index contributed by atoms with van der Waals surface area (Å²) in [5.41, 5.74) is 3.07. The van der Waals surface area contributed by atoms with E-state index < -0.39 is 5.97 Å². The van der Waals surface area contributed by atoms with Crippen LogP contribution in [0.1, 0.15) is 29.2 Å². The van der Waals surface area contributed by atoms with Crippen LogP contribution in [0.25, 0.3) is 0 Å². The van der Waals surface area contributed by atoms with Gasteiger partial charge >= 0.3 is 5.97 Å². The molecule has 144 valence electrons. The van der Waals surface area contributed by atoms with Gasteiger partial charge < -0.3 is 14.6 Å². The molecule has 2 aromatic rings. The summed E-state index contributed by atoms with van der Waals surface area (Å²) in [6, 6.07) is 13.8. The smallest absolute Gasteiger partial charge is 0.304 e. The van der Waals surface area contributed by atoms with Crippen molar-refractivity contribution in [3.8, 4) is 5.75 Å². The number of morpholine rings is 1. The number of carbonyl (C=O) groups is 1. The summed E-state index contributed by atoms with van der Waals surface area (Å²) in [5, 5.41) is 9.58. The molecule has 2 aromatic carbocycles. The van der Waals surface area contributed by atoms with Crippen LogP contribution in [0.15, 0.2) is 42.5 Å². The first-order valence-corrected chi connectivity index (χ1v) is 9.43. The summed E-state index contributed by atoms with van der Waals surface area (Å²) in [7, 11) is 0. The van der Waals surface area contributed by atoms with E-state index >= 15 is 0 Å². The fraction of sp³-hybridized carbons (Fsp3) is 0.381. The maximum absolute atomic E-state index is 10.8. The van der Waals surface area contributed by atoms with Crippen LogP contribution < -0.4 is 4.74 Å². The summed E-state index contributed by atoms with van der Waals surface area (Å²) in [6.45, 7) is 5.02. The SMILES string of the molecule is Cc1cccc(COc2ccc(C3CN(CCC(=O)O)CCO3)cc2)c1Cl. The standard InChI is InChI=1S/C21H24ClNO4/c1-15-3-2-4-17(21(15)22)14-27-18-7-5-16(6-8-18)19-13-23(11-12-26-19)10-9-20(24)25/h2-8,19H,9-14H2,1H3,(H,24,25). The largest absolute Gasteiger partial charge is 0.489 e. The number of hydrogen-bond acceptors (Lipinski definition) is 4. The third-order valence-corrected chi connectivity index (χ3v) is 5.25. The summed E-state index contributed by atoms with van der Waals surface area (Å²) in [4.78, 5) is 12.9. The lowest BCUT2D eigenvalue weighted by molar-refractivity contribution is -0.137. The van der Waals surface area contributed by atoms with E-state index in [1.165, 1.54) is 0 Å². The summed E-state index contributed by atoms with van der Waals surface area (Å²) >= 11 is 6.31. The van der Waals surface area contributed by atoms with Crippen molar-refractivity contribution in [2.75, 3.05) is 26.2 Å². The molecule has 0 bridgehead atoms. The lowest BCUT2D eigenvalue weighted by Gasteiger charge is -2.32. The third-order valence-electron chi connectivity index (χ3n) is 4.71. The van der Waals surface area contributed by atoms with Crippen molar-refractivity contribution in [1.82, 2.24) is 4.90 Å². The molecule has 0 radical (unpaired) electrons. The molecule has 1 heterocycles. The van der Waals surface area contributed by atoms with Gasteiger partial charge in [0.1, 0.15) is 12.4 Å². The van der Waals surface area contributed by atoms with E-state index in [1.807, 2.05) is 49.4 Å². The molecule has 0 aromatic heterocycles. The Labute approximate surface area is 164 Å². The Bertz CT molecular complexity index is 778. The fourth-order valence-electron chi connectivity index (χ4n) is 3.12. The van der Waals surface area contributed by atoms with Gasteiger partial charge in [-0.1, -0.05) is 41.9 Å². The van der Waals surface area contributed by atoms with E-state index in [2.05, 4.69) is 4.90 Å². The number of carboxylic acid groups (broad SMARTS) is 1. The second-order valence-electron chi connectivity index (χ2n) is 6.71. The van der Waals surface area contributed by atoms with Crippen LogP contribution in [-0.4, -0.2) is 42.2 Å². The lowest BCUT2D eigenvalue weighted by atomic mass is 10.1. The van der Waals surface area contributed by atoms with Gasteiger partial charge in [-0.3, -0.25) is 9.69 Å². The Morgan fingerprint density at radius 3 is 2.81 bits per heavy atom. The minimum atomic E-state index is -0.770. The first-order chi connectivity index (χ1) is 13.0. The number of benzene rings is 2. The van der Waals surface area contributed by atoms with Crippen molar-refractivity contribution in [2.45, 2.75) is 26.1 Å².